The first kappa shape index (κ1) is 13.1. The third-order valence-corrected chi connectivity index (χ3v) is 2.69. The molecule has 1 aromatic heterocycles. The summed E-state index contributed by atoms with van der Waals surface area (Å²) in [5.41, 5.74) is 0.491. The number of amides is 1. The molecular formula is C10H17N3O2S. The summed E-state index contributed by atoms with van der Waals surface area (Å²) < 4.78 is 3.81. The maximum Gasteiger partial charge on any atom is 0.265 e. The van der Waals surface area contributed by atoms with Crippen molar-refractivity contribution >= 4 is 17.4 Å². The van der Waals surface area contributed by atoms with E-state index in [-0.39, 0.29) is 17.9 Å². The summed E-state index contributed by atoms with van der Waals surface area (Å²) >= 11 is 1.08. The van der Waals surface area contributed by atoms with Crippen LogP contribution in [0.3, 0.4) is 0 Å². The summed E-state index contributed by atoms with van der Waals surface area (Å²) in [5.74, 6) is -0.221. The second-order valence-corrected chi connectivity index (χ2v) is 5.51. The van der Waals surface area contributed by atoms with Gasteiger partial charge in [0, 0.05) is 12.0 Å². The maximum atomic E-state index is 11.8. The number of hydrogen-bond donors (Lipinski definition) is 2. The van der Waals surface area contributed by atoms with Crippen LogP contribution in [0.2, 0.25) is 0 Å². The van der Waals surface area contributed by atoms with E-state index >= 15 is 0 Å². The van der Waals surface area contributed by atoms with Crippen LogP contribution in [-0.4, -0.2) is 33.2 Å². The highest BCUT2D eigenvalue weighted by atomic mass is 32.1. The Morgan fingerprint density at radius 3 is 2.69 bits per heavy atom. The lowest BCUT2D eigenvalue weighted by Crippen LogP contribution is -2.31. The molecule has 0 spiro atoms. The second-order valence-electron chi connectivity index (χ2n) is 4.76. The highest BCUT2D eigenvalue weighted by molar-refractivity contribution is 7.08. The average Bonchev–Trinajstić information content (AvgIpc) is 2.61. The van der Waals surface area contributed by atoms with Gasteiger partial charge in [0.05, 0.1) is 11.8 Å². The van der Waals surface area contributed by atoms with Crippen LogP contribution < -0.4 is 5.32 Å². The molecule has 1 atom stereocenters. The van der Waals surface area contributed by atoms with E-state index in [1.807, 2.05) is 20.8 Å². The van der Waals surface area contributed by atoms with Gasteiger partial charge in [-0.2, -0.15) is 0 Å². The third-order valence-electron chi connectivity index (χ3n) is 1.96. The summed E-state index contributed by atoms with van der Waals surface area (Å²) in [5, 5.41) is 15.7. The van der Waals surface area contributed by atoms with E-state index in [4.69, 9.17) is 5.11 Å². The van der Waals surface area contributed by atoms with Crippen molar-refractivity contribution in [1.29, 1.82) is 0 Å². The van der Waals surface area contributed by atoms with Crippen molar-refractivity contribution in [3.63, 3.8) is 0 Å². The predicted molar refractivity (Wildman–Crippen MR) is 62.6 cm³/mol. The van der Waals surface area contributed by atoms with Gasteiger partial charge in [0.2, 0.25) is 0 Å². The molecule has 5 nitrogen and oxygen atoms in total. The van der Waals surface area contributed by atoms with Crippen LogP contribution in [0.1, 0.15) is 43.1 Å². The smallest absolute Gasteiger partial charge is 0.265 e. The zero-order valence-corrected chi connectivity index (χ0v) is 10.8. The summed E-state index contributed by atoms with van der Waals surface area (Å²) in [7, 11) is 0. The minimum Gasteiger partial charge on any atom is -0.392 e. The Labute approximate surface area is 99.0 Å². The van der Waals surface area contributed by atoms with Gasteiger partial charge in [0.1, 0.15) is 4.88 Å². The number of hydrogen-bond acceptors (Lipinski definition) is 5. The molecule has 1 unspecified atom stereocenters. The van der Waals surface area contributed by atoms with Crippen LogP contribution in [0.5, 0.6) is 0 Å². The summed E-state index contributed by atoms with van der Waals surface area (Å²) in [4.78, 5) is 12.3. The minimum atomic E-state index is -0.553. The third kappa shape index (κ3) is 3.24. The van der Waals surface area contributed by atoms with Crippen molar-refractivity contribution < 1.29 is 9.90 Å². The van der Waals surface area contributed by atoms with Gasteiger partial charge in [-0.3, -0.25) is 4.79 Å². The van der Waals surface area contributed by atoms with Gasteiger partial charge in [0.25, 0.3) is 5.91 Å². The zero-order chi connectivity index (χ0) is 12.3. The van der Waals surface area contributed by atoms with Crippen molar-refractivity contribution in [2.75, 3.05) is 6.54 Å². The van der Waals surface area contributed by atoms with E-state index < -0.39 is 6.10 Å². The molecule has 90 valence electrons. The molecule has 16 heavy (non-hydrogen) atoms. The molecule has 1 amide bonds. The molecule has 0 aromatic carbocycles. The number of carbonyl (C=O) groups excluding carboxylic acids is 1. The SMILES string of the molecule is CC(O)CNC(=O)c1snnc1C(C)(C)C. The van der Waals surface area contributed by atoms with Crippen LogP contribution in [0.4, 0.5) is 0 Å². The van der Waals surface area contributed by atoms with E-state index in [1.165, 1.54) is 0 Å². The highest BCUT2D eigenvalue weighted by Gasteiger charge is 2.26. The normalized spacial score (nSPS) is 13.6. The Morgan fingerprint density at radius 1 is 1.56 bits per heavy atom. The van der Waals surface area contributed by atoms with Crippen LogP contribution in [0, 0.1) is 0 Å². The fourth-order valence-electron chi connectivity index (χ4n) is 1.15. The van der Waals surface area contributed by atoms with Gasteiger partial charge < -0.3 is 10.4 Å². The molecule has 1 rings (SSSR count). The molecule has 0 bridgehead atoms. The largest absolute Gasteiger partial charge is 0.392 e. The zero-order valence-electron chi connectivity index (χ0n) is 9.94. The fraction of sp³-hybridized carbons (Fsp3) is 0.700. The first-order valence-corrected chi connectivity index (χ1v) is 5.89. The molecule has 0 radical (unpaired) electrons. The first-order chi connectivity index (χ1) is 7.32. The number of nitrogens with one attached hydrogen (secondary N) is 1. The number of rotatable bonds is 3. The van der Waals surface area contributed by atoms with Crippen molar-refractivity contribution in [2.24, 2.45) is 0 Å². The number of aromatic nitrogens is 2. The van der Waals surface area contributed by atoms with E-state index in [1.54, 1.807) is 6.92 Å². The van der Waals surface area contributed by atoms with Crippen LogP contribution in [-0.2, 0) is 5.41 Å². The first-order valence-electron chi connectivity index (χ1n) is 5.11. The number of aliphatic hydroxyl groups excluding tert-OH is 1. The van der Waals surface area contributed by atoms with Crippen LogP contribution >= 0.6 is 11.5 Å². The van der Waals surface area contributed by atoms with Crippen LogP contribution in [0.25, 0.3) is 0 Å². The molecule has 1 heterocycles. The van der Waals surface area contributed by atoms with Crippen LogP contribution in [0.15, 0.2) is 0 Å². The van der Waals surface area contributed by atoms with Crippen molar-refractivity contribution in [2.45, 2.75) is 39.2 Å². The Kier molecular flexibility index (Phi) is 3.98. The quantitative estimate of drug-likeness (QED) is 0.828. The minimum absolute atomic E-state index is 0.204. The Morgan fingerprint density at radius 2 is 2.19 bits per heavy atom. The maximum absolute atomic E-state index is 11.8. The van der Waals surface area contributed by atoms with Gasteiger partial charge in [-0.05, 0) is 18.5 Å². The molecule has 0 saturated carbocycles. The summed E-state index contributed by atoms with van der Waals surface area (Å²) in [6.45, 7) is 7.80. The van der Waals surface area contributed by atoms with E-state index in [9.17, 15) is 4.79 Å². The van der Waals surface area contributed by atoms with Crippen molar-refractivity contribution in [3.05, 3.63) is 10.6 Å². The van der Waals surface area contributed by atoms with Gasteiger partial charge in [-0.1, -0.05) is 25.3 Å². The number of carbonyl (C=O) groups is 1. The fourth-order valence-corrected chi connectivity index (χ4v) is 1.94. The van der Waals surface area contributed by atoms with Gasteiger partial charge >= 0.3 is 0 Å². The standard InChI is InChI=1S/C10H17N3O2S/c1-6(14)5-11-9(15)7-8(10(2,3)4)12-13-16-7/h6,14H,5H2,1-4H3,(H,11,15). The lowest BCUT2D eigenvalue weighted by atomic mass is 9.91. The van der Waals surface area contributed by atoms with E-state index in [2.05, 4.69) is 14.9 Å². The lowest BCUT2D eigenvalue weighted by Gasteiger charge is -2.16. The van der Waals surface area contributed by atoms with E-state index in [0.29, 0.717) is 10.6 Å². The molecule has 0 aliphatic carbocycles. The van der Waals surface area contributed by atoms with Crippen molar-refractivity contribution in [1.82, 2.24) is 14.9 Å². The van der Waals surface area contributed by atoms with Gasteiger partial charge in [0.15, 0.2) is 0 Å². The lowest BCUT2D eigenvalue weighted by molar-refractivity contribution is 0.0925. The topological polar surface area (TPSA) is 75.1 Å². The molecule has 0 saturated heterocycles. The van der Waals surface area contributed by atoms with E-state index in [0.717, 1.165) is 11.5 Å². The Balaban J connectivity index is 2.81. The van der Waals surface area contributed by atoms with Gasteiger partial charge in [-0.25, -0.2) is 0 Å². The summed E-state index contributed by atoms with van der Waals surface area (Å²) in [6.07, 6.45) is -0.553. The monoisotopic (exact) mass is 243 g/mol. The second kappa shape index (κ2) is 4.88. The number of aliphatic hydroxyl groups is 1. The average molecular weight is 243 g/mol. The molecule has 1 aromatic rings. The molecular weight excluding hydrogens is 226 g/mol. The summed E-state index contributed by atoms with van der Waals surface area (Å²) in [6, 6.07) is 0. The van der Waals surface area contributed by atoms with Gasteiger partial charge in [-0.15, -0.1) is 5.10 Å². The predicted octanol–water partition coefficient (Wildman–Crippen LogP) is 0.946. The Bertz CT molecular complexity index is 368. The molecule has 0 aliphatic rings. The molecule has 0 aliphatic heterocycles. The number of nitrogens with zero attached hydrogens (tertiary/aromatic N) is 2. The molecule has 2 N–H and O–H groups in total. The van der Waals surface area contributed by atoms with Crippen molar-refractivity contribution in [3.8, 4) is 0 Å². The molecule has 6 heteroatoms. The molecule has 0 fully saturated rings. The Hall–Kier alpha value is -1.01. The highest BCUT2D eigenvalue weighted by Crippen LogP contribution is 2.25.